The molecule has 2 fully saturated rings. The highest BCUT2D eigenvalue weighted by atomic mass is 32.2. The zero-order chi connectivity index (χ0) is 16.7. The van der Waals surface area contributed by atoms with Gasteiger partial charge in [0.2, 0.25) is 5.91 Å². The first kappa shape index (κ1) is 15.4. The summed E-state index contributed by atoms with van der Waals surface area (Å²) in [6, 6.07) is 17.6. The highest BCUT2D eigenvalue weighted by molar-refractivity contribution is 7.91. The number of benzene rings is 2. The molecule has 0 spiro atoms. The van der Waals surface area contributed by atoms with Gasteiger partial charge in [-0.1, -0.05) is 48.5 Å². The van der Waals surface area contributed by atoms with Crippen LogP contribution in [0.3, 0.4) is 0 Å². The monoisotopic (exact) mass is 342 g/mol. The summed E-state index contributed by atoms with van der Waals surface area (Å²) in [4.78, 5) is 14.8. The van der Waals surface area contributed by atoms with Crippen molar-refractivity contribution in [3.05, 3.63) is 66.2 Å². The van der Waals surface area contributed by atoms with Crippen LogP contribution in [0, 0.1) is 0 Å². The van der Waals surface area contributed by atoms with Crippen molar-refractivity contribution in [3.63, 3.8) is 0 Å². The third-order valence-corrected chi connectivity index (χ3v) is 6.40. The van der Waals surface area contributed by atoms with E-state index in [1.54, 1.807) is 4.90 Å². The van der Waals surface area contributed by atoms with Gasteiger partial charge in [0.25, 0.3) is 0 Å². The Morgan fingerprint density at radius 1 is 0.917 bits per heavy atom. The minimum atomic E-state index is -3.16. The molecule has 2 aliphatic rings. The van der Waals surface area contributed by atoms with E-state index in [0.717, 1.165) is 11.3 Å². The fourth-order valence-electron chi connectivity index (χ4n) is 3.62. The molecule has 2 aliphatic heterocycles. The van der Waals surface area contributed by atoms with Crippen molar-refractivity contribution in [1.29, 1.82) is 0 Å². The van der Waals surface area contributed by atoms with Crippen LogP contribution in [0.2, 0.25) is 0 Å². The number of amides is 1. The third-order valence-electron chi connectivity index (χ3n) is 4.69. The summed E-state index contributed by atoms with van der Waals surface area (Å²) < 4.78 is 24.3. The van der Waals surface area contributed by atoms with Gasteiger partial charge in [0.1, 0.15) is 6.04 Å². The molecule has 2 aromatic rings. The van der Waals surface area contributed by atoms with Gasteiger partial charge in [0.15, 0.2) is 9.84 Å². The van der Waals surface area contributed by atoms with Crippen LogP contribution in [0.4, 0.5) is 5.69 Å². The smallest absolute Gasteiger partial charge is 0.249 e. The molecule has 24 heavy (non-hydrogen) atoms. The molecule has 4 rings (SSSR count). The van der Waals surface area contributed by atoms with Crippen molar-refractivity contribution in [2.24, 2.45) is 0 Å². The molecular weight excluding hydrogens is 324 g/mol. The average Bonchev–Trinajstić information content (AvgIpc) is 2.89. The van der Waals surface area contributed by atoms with Gasteiger partial charge in [0.05, 0.1) is 17.5 Å². The minimum Gasteiger partial charge on any atom is -0.305 e. The fourth-order valence-corrected chi connectivity index (χ4v) is 5.53. The number of fused-ring (bicyclic) bond motifs is 1. The molecule has 0 aromatic heterocycles. The summed E-state index contributed by atoms with van der Waals surface area (Å²) in [5.74, 6) is -0.0320. The lowest BCUT2D eigenvalue weighted by molar-refractivity contribution is -0.122. The summed E-state index contributed by atoms with van der Waals surface area (Å²) >= 11 is 0. The lowest BCUT2D eigenvalue weighted by atomic mass is 9.96. The van der Waals surface area contributed by atoms with Crippen molar-refractivity contribution in [2.45, 2.75) is 18.1 Å². The molecule has 0 aliphatic carbocycles. The summed E-state index contributed by atoms with van der Waals surface area (Å²) in [5.41, 5.74) is 1.60. The van der Waals surface area contributed by atoms with E-state index >= 15 is 0 Å². The Balaban J connectivity index is 1.78. The van der Waals surface area contributed by atoms with Gasteiger partial charge in [0, 0.05) is 11.7 Å². The highest BCUT2D eigenvalue weighted by Crippen LogP contribution is 2.33. The second-order valence-corrected chi connectivity index (χ2v) is 8.46. The van der Waals surface area contributed by atoms with Gasteiger partial charge in [-0.05, 0) is 17.7 Å². The van der Waals surface area contributed by atoms with Gasteiger partial charge >= 0.3 is 0 Å². The molecule has 2 aromatic carbocycles. The predicted molar refractivity (Wildman–Crippen MR) is 92.5 cm³/mol. The molecule has 3 atom stereocenters. The number of carbonyl (C=O) groups is 1. The van der Waals surface area contributed by atoms with Crippen LogP contribution in [0.5, 0.6) is 0 Å². The van der Waals surface area contributed by atoms with E-state index in [1.165, 1.54) is 0 Å². The normalized spacial score (nSPS) is 28.6. The van der Waals surface area contributed by atoms with E-state index < -0.39 is 15.9 Å². The Labute approximate surface area is 141 Å². The Morgan fingerprint density at radius 3 is 2.21 bits per heavy atom. The predicted octanol–water partition coefficient (Wildman–Crippen LogP) is 1.53. The molecule has 2 heterocycles. The standard InChI is InChI=1S/C18H18N2O3S/c21-18-17(13-7-3-1-4-8-13)19-15-11-24(22,23)12-16(15)20(18)14-9-5-2-6-10-14/h1-10,15-17,19H,11-12H2/t15-,16+,17+/m1/s1. The van der Waals surface area contributed by atoms with Gasteiger partial charge in [-0.2, -0.15) is 0 Å². The third kappa shape index (κ3) is 2.61. The van der Waals surface area contributed by atoms with Gasteiger partial charge in [-0.3, -0.25) is 10.1 Å². The Hall–Kier alpha value is -2.18. The SMILES string of the molecule is O=C1[C@H](c2ccccc2)N[C@@H]2CS(=O)(=O)C[C@@H]2N1c1ccccc1. The largest absolute Gasteiger partial charge is 0.305 e. The van der Waals surface area contributed by atoms with E-state index in [-0.39, 0.29) is 29.5 Å². The van der Waals surface area contributed by atoms with Crippen molar-refractivity contribution >= 4 is 21.4 Å². The molecule has 5 nitrogen and oxygen atoms in total. The maximum Gasteiger partial charge on any atom is 0.249 e. The summed E-state index contributed by atoms with van der Waals surface area (Å²) in [7, 11) is -3.16. The number of piperazine rings is 1. The van der Waals surface area contributed by atoms with Crippen LogP contribution in [0.25, 0.3) is 0 Å². The number of anilines is 1. The Morgan fingerprint density at radius 2 is 1.54 bits per heavy atom. The Kier molecular flexibility index (Phi) is 3.66. The molecule has 0 bridgehead atoms. The Bertz CT molecular complexity index is 852. The fraction of sp³-hybridized carbons (Fsp3) is 0.278. The van der Waals surface area contributed by atoms with Crippen molar-refractivity contribution in [1.82, 2.24) is 5.32 Å². The topological polar surface area (TPSA) is 66.5 Å². The molecule has 6 heteroatoms. The second kappa shape index (κ2) is 5.72. The number of nitrogens with one attached hydrogen (secondary N) is 1. The summed E-state index contributed by atoms with van der Waals surface area (Å²) in [6.45, 7) is 0. The molecule has 0 radical (unpaired) electrons. The van der Waals surface area contributed by atoms with Gasteiger partial charge in [-0.25, -0.2) is 8.42 Å². The van der Waals surface area contributed by atoms with E-state index in [4.69, 9.17) is 0 Å². The number of sulfone groups is 1. The molecule has 1 amide bonds. The molecule has 0 unspecified atom stereocenters. The van der Waals surface area contributed by atoms with Crippen LogP contribution in [-0.4, -0.2) is 37.9 Å². The number of nitrogens with zero attached hydrogens (tertiary/aromatic N) is 1. The number of carbonyl (C=O) groups excluding carboxylic acids is 1. The second-order valence-electron chi connectivity index (χ2n) is 6.30. The van der Waals surface area contributed by atoms with Gasteiger partial charge in [-0.15, -0.1) is 0 Å². The lowest BCUT2D eigenvalue weighted by Gasteiger charge is -2.41. The maximum absolute atomic E-state index is 13.1. The summed E-state index contributed by atoms with van der Waals surface area (Å²) in [6.07, 6.45) is 0. The van der Waals surface area contributed by atoms with E-state index in [1.807, 2.05) is 60.7 Å². The first-order valence-electron chi connectivity index (χ1n) is 7.95. The summed E-state index contributed by atoms with van der Waals surface area (Å²) in [5, 5.41) is 3.27. The van der Waals surface area contributed by atoms with Crippen LogP contribution in [0.15, 0.2) is 60.7 Å². The van der Waals surface area contributed by atoms with Crippen LogP contribution < -0.4 is 10.2 Å². The molecule has 2 saturated heterocycles. The van der Waals surface area contributed by atoms with E-state index in [9.17, 15) is 13.2 Å². The van der Waals surface area contributed by atoms with Crippen LogP contribution in [0.1, 0.15) is 11.6 Å². The quantitative estimate of drug-likeness (QED) is 0.899. The zero-order valence-corrected chi connectivity index (χ0v) is 13.8. The van der Waals surface area contributed by atoms with Crippen LogP contribution in [-0.2, 0) is 14.6 Å². The molecule has 0 saturated carbocycles. The van der Waals surface area contributed by atoms with Crippen molar-refractivity contribution in [2.75, 3.05) is 16.4 Å². The number of para-hydroxylation sites is 1. The minimum absolute atomic E-state index is 0.00676. The molecule has 124 valence electrons. The highest BCUT2D eigenvalue weighted by Gasteiger charge is 2.49. The maximum atomic E-state index is 13.1. The lowest BCUT2D eigenvalue weighted by Crippen LogP contribution is -2.61. The zero-order valence-electron chi connectivity index (χ0n) is 13.0. The van der Waals surface area contributed by atoms with Crippen molar-refractivity contribution in [3.8, 4) is 0 Å². The molecule has 1 N–H and O–H groups in total. The number of hydrogen-bond donors (Lipinski definition) is 1. The number of hydrogen-bond acceptors (Lipinski definition) is 4. The van der Waals surface area contributed by atoms with E-state index in [0.29, 0.717) is 0 Å². The first-order chi connectivity index (χ1) is 11.6. The average molecular weight is 342 g/mol. The number of rotatable bonds is 2. The van der Waals surface area contributed by atoms with Crippen molar-refractivity contribution < 1.29 is 13.2 Å². The first-order valence-corrected chi connectivity index (χ1v) is 9.77. The molecular formula is C18H18N2O3S. The van der Waals surface area contributed by atoms with Crippen LogP contribution >= 0.6 is 0 Å². The van der Waals surface area contributed by atoms with Gasteiger partial charge < -0.3 is 4.90 Å². The van der Waals surface area contributed by atoms with E-state index in [2.05, 4.69) is 5.32 Å².